The number of hydrogen-bond acceptors (Lipinski definition) is 5. The molecule has 21 rings (SSSR count). The third kappa shape index (κ3) is 5.79. The Bertz CT molecular complexity index is 6750. The second-order valence-electron chi connectivity index (χ2n) is 23.5. The smallest absolute Gasteiger partial charge is 0.184 e. The van der Waals surface area contributed by atoms with Crippen molar-refractivity contribution in [1.29, 1.82) is 5.26 Å². The Labute approximate surface area is 498 Å². The Hall–Kier alpha value is -12.3. The van der Waals surface area contributed by atoms with Crippen LogP contribution in [0.3, 0.4) is 0 Å². The fourth-order valence-electron chi connectivity index (χ4n) is 15.6. The Morgan fingerprint density at radius 2 is 0.739 bits per heavy atom. The monoisotopic (exact) mass is 1120 g/mol. The number of para-hydroxylation sites is 5. The highest BCUT2D eigenvalue weighted by molar-refractivity contribution is 6.38. The van der Waals surface area contributed by atoms with Gasteiger partial charge in [-0.15, -0.1) is 0 Å². The SMILES string of the molecule is N#Cc1nc2ccccc2nc1-n1c2ccc3ccccc3c2c2cc3c4cc(-c5ccc6nc(-n7c8ccc9ccccc9c8c8cc9c%10ccccc%10n%10c%11ccccc%11c(c87)c9%10)c(-c7ccccc7)nc6c5)ccc4n4c5ccccc5c(c21)c34. The van der Waals surface area contributed by atoms with Crippen molar-refractivity contribution in [3.8, 4) is 40.1 Å². The molecule has 0 radical (unpaired) electrons. The van der Waals surface area contributed by atoms with Crippen molar-refractivity contribution < 1.29 is 0 Å². The lowest BCUT2D eigenvalue weighted by atomic mass is 9.98. The lowest BCUT2D eigenvalue weighted by Gasteiger charge is -2.15. The van der Waals surface area contributed by atoms with Gasteiger partial charge in [0.1, 0.15) is 11.8 Å². The second kappa shape index (κ2) is 16.5. The van der Waals surface area contributed by atoms with Gasteiger partial charge in [0.25, 0.3) is 0 Å². The molecule has 9 nitrogen and oxygen atoms in total. The van der Waals surface area contributed by atoms with E-state index in [1.165, 1.54) is 59.6 Å². The number of hydrogen-bond donors (Lipinski definition) is 0. The van der Waals surface area contributed by atoms with E-state index in [1.807, 2.05) is 24.3 Å². The third-order valence-electron chi connectivity index (χ3n) is 19.2. The van der Waals surface area contributed by atoms with Gasteiger partial charge < -0.3 is 8.80 Å². The molecular weight excluding hydrogens is 1070 g/mol. The van der Waals surface area contributed by atoms with E-state index >= 15 is 0 Å². The number of fused-ring (bicyclic) bond motifs is 26. The number of rotatable bonds is 4. The maximum absolute atomic E-state index is 10.9. The summed E-state index contributed by atoms with van der Waals surface area (Å²) >= 11 is 0. The highest BCUT2D eigenvalue weighted by Gasteiger charge is 2.30. The maximum Gasteiger partial charge on any atom is 0.184 e. The minimum Gasteiger partial charge on any atom is -0.308 e. The van der Waals surface area contributed by atoms with Gasteiger partial charge >= 0.3 is 0 Å². The largest absolute Gasteiger partial charge is 0.308 e. The van der Waals surface area contributed by atoms with Crippen LogP contribution in [0.5, 0.6) is 0 Å². The first-order chi connectivity index (χ1) is 43.6. The summed E-state index contributed by atoms with van der Waals surface area (Å²) in [5.41, 5.74) is 18.3. The summed E-state index contributed by atoms with van der Waals surface area (Å²) in [6.07, 6.45) is 0. The zero-order chi connectivity index (χ0) is 57.2. The normalized spacial score (nSPS) is 12.5. The van der Waals surface area contributed by atoms with Crippen LogP contribution in [0.15, 0.2) is 249 Å². The van der Waals surface area contributed by atoms with Crippen LogP contribution >= 0.6 is 0 Å². The van der Waals surface area contributed by atoms with Crippen molar-refractivity contribution in [2.75, 3.05) is 0 Å². The molecule has 0 aliphatic heterocycles. The van der Waals surface area contributed by atoms with Crippen LogP contribution in [-0.4, -0.2) is 37.9 Å². The van der Waals surface area contributed by atoms with Crippen LogP contribution in [0.2, 0.25) is 0 Å². The molecule has 0 unspecified atom stereocenters. The molecule has 88 heavy (non-hydrogen) atoms. The van der Waals surface area contributed by atoms with E-state index in [2.05, 4.69) is 248 Å². The predicted octanol–water partition coefficient (Wildman–Crippen LogP) is 19.6. The maximum atomic E-state index is 10.9. The van der Waals surface area contributed by atoms with Crippen LogP contribution in [0.25, 0.3) is 197 Å². The van der Waals surface area contributed by atoms with E-state index in [9.17, 15) is 5.26 Å². The van der Waals surface area contributed by atoms with Crippen molar-refractivity contribution in [3.05, 3.63) is 254 Å². The van der Waals surface area contributed by atoms with Crippen LogP contribution in [0.4, 0.5) is 0 Å². The van der Waals surface area contributed by atoms with E-state index in [0.29, 0.717) is 11.3 Å². The molecule has 0 saturated carbocycles. The zero-order valence-corrected chi connectivity index (χ0v) is 46.7. The van der Waals surface area contributed by atoms with Gasteiger partial charge in [-0.25, -0.2) is 19.9 Å². The summed E-state index contributed by atoms with van der Waals surface area (Å²) in [6.45, 7) is 0. The van der Waals surface area contributed by atoms with Gasteiger partial charge in [-0.05, 0) is 112 Å². The summed E-state index contributed by atoms with van der Waals surface area (Å²) in [5, 5.41) is 29.5. The minimum absolute atomic E-state index is 0.272. The van der Waals surface area contributed by atoms with Crippen molar-refractivity contribution in [2.24, 2.45) is 0 Å². The Kier molecular flexibility index (Phi) is 8.68. The number of benzene rings is 13. The lowest BCUT2D eigenvalue weighted by Crippen LogP contribution is -2.04. The zero-order valence-electron chi connectivity index (χ0n) is 46.7. The number of nitrogens with zero attached hydrogens (tertiary/aromatic N) is 9. The van der Waals surface area contributed by atoms with E-state index in [0.717, 1.165) is 126 Å². The molecule has 0 aliphatic carbocycles. The molecule has 402 valence electrons. The van der Waals surface area contributed by atoms with Gasteiger partial charge in [0.15, 0.2) is 17.3 Å². The minimum atomic E-state index is 0.272. The first-order valence-electron chi connectivity index (χ1n) is 29.8. The predicted molar refractivity (Wildman–Crippen MR) is 361 cm³/mol. The standard InChI is InChI=1S/C79H41N9/c80-42-62-78(83-59-26-12-11-25-58(59)81-62)87-67-36-31-43-16-4-6-20-48(43)69(67)57-41-55-53-38-46(33-35-66(53)86-65-29-15-10-24-52(65)72(75(55)86)76(57)87)47-30-34-60-61(39-47)82-73(45-18-2-1-3-19-45)79(84-60)88-68-37-32-44-17-5-7-21-49(44)70(68)56-40-54-50-22-8-13-27-63(50)85-64-28-14-9-23-51(64)71(74(54)85)77(56)88/h1-41H. The summed E-state index contributed by atoms with van der Waals surface area (Å²) in [7, 11) is 0. The van der Waals surface area contributed by atoms with E-state index in [-0.39, 0.29) is 5.69 Å². The molecule has 0 N–H and O–H groups in total. The van der Waals surface area contributed by atoms with E-state index in [1.54, 1.807) is 0 Å². The molecule has 8 aromatic heterocycles. The molecule has 0 atom stereocenters. The fraction of sp³-hybridized carbons (Fsp3) is 0. The number of nitriles is 1. The molecule has 0 saturated heterocycles. The van der Waals surface area contributed by atoms with Gasteiger partial charge in [-0.3, -0.25) is 9.13 Å². The van der Waals surface area contributed by atoms with E-state index in [4.69, 9.17) is 19.9 Å². The van der Waals surface area contributed by atoms with Crippen molar-refractivity contribution >= 4 is 163 Å². The van der Waals surface area contributed by atoms with Crippen molar-refractivity contribution in [1.82, 2.24) is 37.9 Å². The average Bonchev–Trinajstić information content (AvgIpc) is 1.56. The second-order valence-corrected chi connectivity index (χ2v) is 23.5. The summed E-state index contributed by atoms with van der Waals surface area (Å²) in [5.74, 6) is 1.29. The van der Waals surface area contributed by atoms with Crippen molar-refractivity contribution in [3.63, 3.8) is 0 Å². The summed E-state index contributed by atoms with van der Waals surface area (Å²) in [4.78, 5) is 21.8. The first kappa shape index (κ1) is 46.2. The Balaban J connectivity index is 0.826. The molecule has 0 fully saturated rings. The third-order valence-corrected chi connectivity index (χ3v) is 19.2. The van der Waals surface area contributed by atoms with Crippen LogP contribution in [0.1, 0.15) is 5.69 Å². The molecule has 0 spiro atoms. The van der Waals surface area contributed by atoms with Gasteiger partial charge in [-0.1, -0.05) is 170 Å². The summed E-state index contributed by atoms with van der Waals surface area (Å²) < 4.78 is 9.53. The Morgan fingerprint density at radius 1 is 0.273 bits per heavy atom. The van der Waals surface area contributed by atoms with Crippen molar-refractivity contribution in [2.45, 2.75) is 0 Å². The molecule has 0 aliphatic rings. The van der Waals surface area contributed by atoms with Gasteiger partial charge in [0.05, 0.1) is 77.2 Å². The molecule has 8 heterocycles. The molecule has 21 aromatic rings. The van der Waals surface area contributed by atoms with E-state index < -0.39 is 0 Å². The molecule has 13 aromatic carbocycles. The quantitative estimate of drug-likeness (QED) is 0.175. The van der Waals surface area contributed by atoms with Crippen LogP contribution in [-0.2, 0) is 0 Å². The highest BCUT2D eigenvalue weighted by Crippen LogP contribution is 2.51. The van der Waals surface area contributed by atoms with Gasteiger partial charge in [-0.2, -0.15) is 5.26 Å². The number of aromatic nitrogens is 8. The highest BCUT2D eigenvalue weighted by atomic mass is 15.1. The van der Waals surface area contributed by atoms with Gasteiger partial charge in [0.2, 0.25) is 0 Å². The molecule has 9 heteroatoms. The summed E-state index contributed by atoms with van der Waals surface area (Å²) in [6, 6.07) is 91.8. The van der Waals surface area contributed by atoms with Crippen LogP contribution < -0.4 is 0 Å². The van der Waals surface area contributed by atoms with Crippen LogP contribution in [0, 0.1) is 11.3 Å². The topological polar surface area (TPSA) is 94.0 Å². The molecule has 0 amide bonds. The first-order valence-corrected chi connectivity index (χ1v) is 29.8. The average molecular weight is 1120 g/mol. The fourth-order valence-corrected chi connectivity index (χ4v) is 15.6. The Morgan fingerprint density at radius 3 is 1.38 bits per heavy atom. The molecular formula is C79H41N9. The molecule has 0 bridgehead atoms. The van der Waals surface area contributed by atoms with Gasteiger partial charge in [0, 0.05) is 70.2 Å². The lowest BCUT2D eigenvalue weighted by molar-refractivity contribution is 1.06.